The molecule has 0 heterocycles. The Morgan fingerprint density at radius 1 is 1.09 bits per heavy atom. The summed E-state index contributed by atoms with van der Waals surface area (Å²) in [6.45, 7) is 4.88. The van der Waals surface area contributed by atoms with Crippen molar-refractivity contribution in [2.75, 3.05) is 0 Å². The summed E-state index contributed by atoms with van der Waals surface area (Å²) >= 11 is 0. The summed E-state index contributed by atoms with van der Waals surface area (Å²) in [5.74, 6) is 2.79. The lowest BCUT2D eigenvalue weighted by Gasteiger charge is -2.58. The standard InChI is InChI=1S/C20H31NO/c1-19-9-7-13(12-21)11-14(19)3-4-15-16-5-6-18(22)20(16,2)10-8-17(15)19/h11-13,15-18,21-22H,3-10H2,1-2H3/t13-,15?,16?,17?,18-,19-,20-/m0/s1. The first-order valence-corrected chi connectivity index (χ1v) is 9.39. The summed E-state index contributed by atoms with van der Waals surface area (Å²) < 4.78 is 0. The van der Waals surface area contributed by atoms with Crippen LogP contribution in [-0.2, 0) is 0 Å². The Morgan fingerprint density at radius 2 is 1.91 bits per heavy atom. The molecule has 7 atom stereocenters. The molecule has 122 valence electrons. The van der Waals surface area contributed by atoms with Crippen molar-refractivity contribution in [2.24, 2.45) is 34.5 Å². The van der Waals surface area contributed by atoms with E-state index < -0.39 is 0 Å². The van der Waals surface area contributed by atoms with Gasteiger partial charge < -0.3 is 10.5 Å². The van der Waals surface area contributed by atoms with Gasteiger partial charge in [-0.15, -0.1) is 0 Å². The molecule has 0 aliphatic heterocycles. The molecule has 4 aliphatic carbocycles. The van der Waals surface area contributed by atoms with Gasteiger partial charge in [0, 0.05) is 12.1 Å². The van der Waals surface area contributed by atoms with E-state index in [1.165, 1.54) is 38.5 Å². The van der Waals surface area contributed by atoms with Crippen molar-refractivity contribution >= 4 is 6.21 Å². The fourth-order valence-electron chi connectivity index (χ4n) is 6.86. The van der Waals surface area contributed by atoms with Crippen LogP contribution in [0.1, 0.15) is 65.2 Å². The Kier molecular flexibility index (Phi) is 3.35. The van der Waals surface area contributed by atoms with E-state index in [4.69, 9.17) is 5.41 Å². The molecule has 3 saturated carbocycles. The van der Waals surface area contributed by atoms with Crippen molar-refractivity contribution in [1.29, 1.82) is 5.41 Å². The minimum atomic E-state index is -0.0585. The fraction of sp³-hybridized carbons (Fsp3) is 0.850. The Balaban J connectivity index is 1.66. The molecule has 0 bridgehead atoms. The van der Waals surface area contributed by atoms with Gasteiger partial charge in [0.05, 0.1) is 6.10 Å². The van der Waals surface area contributed by atoms with E-state index in [2.05, 4.69) is 19.9 Å². The zero-order chi connectivity index (χ0) is 15.5. The SMILES string of the molecule is C[C@]12CC[C@H](C=N)C=C1CCC1C2CC[C@@]2(C)C1CC[C@@H]2O. The van der Waals surface area contributed by atoms with Crippen LogP contribution in [0.2, 0.25) is 0 Å². The van der Waals surface area contributed by atoms with Crippen molar-refractivity contribution in [3.05, 3.63) is 11.6 Å². The highest BCUT2D eigenvalue weighted by Gasteiger charge is 2.58. The van der Waals surface area contributed by atoms with Gasteiger partial charge in [0.15, 0.2) is 0 Å². The number of rotatable bonds is 1. The predicted molar refractivity (Wildman–Crippen MR) is 90.0 cm³/mol. The summed E-state index contributed by atoms with van der Waals surface area (Å²) in [5.41, 5.74) is 2.25. The first kappa shape index (κ1) is 14.9. The van der Waals surface area contributed by atoms with Crippen LogP contribution in [0.15, 0.2) is 11.6 Å². The minimum absolute atomic E-state index is 0.0585. The second kappa shape index (κ2) is 4.93. The average Bonchev–Trinajstić information content (AvgIpc) is 2.82. The summed E-state index contributed by atoms with van der Waals surface area (Å²) in [4.78, 5) is 0. The van der Waals surface area contributed by atoms with Crippen LogP contribution >= 0.6 is 0 Å². The molecule has 22 heavy (non-hydrogen) atoms. The monoisotopic (exact) mass is 301 g/mol. The van der Waals surface area contributed by atoms with Crippen molar-refractivity contribution in [2.45, 2.75) is 71.3 Å². The quantitative estimate of drug-likeness (QED) is 0.540. The smallest absolute Gasteiger partial charge is 0.0596 e. The third kappa shape index (κ3) is 1.85. The lowest BCUT2D eigenvalue weighted by molar-refractivity contribution is -0.0741. The maximum Gasteiger partial charge on any atom is 0.0596 e. The Hall–Kier alpha value is -0.630. The molecule has 0 saturated heterocycles. The number of nitrogens with one attached hydrogen (secondary N) is 1. The van der Waals surface area contributed by atoms with Gasteiger partial charge in [-0.05, 0) is 80.0 Å². The van der Waals surface area contributed by atoms with E-state index in [1.54, 1.807) is 11.8 Å². The van der Waals surface area contributed by atoms with Crippen LogP contribution in [-0.4, -0.2) is 17.4 Å². The van der Waals surface area contributed by atoms with Crippen LogP contribution in [0.25, 0.3) is 0 Å². The molecule has 4 rings (SSSR count). The van der Waals surface area contributed by atoms with E-state index in [9.17, 15) is 5.11 Å². The molecule has 3 unspecified atom stereocenters. The van der Waals surface area contributed by atoms with Crippen LogP contribution in [0.3, 0.4) is 0 Å². The first-order valence-electron chi connectivity index (χ1n) is 9.39. The largest absolute Gasteiger partial charge is 0.393 e. The molecule has 3 fully saturated rings. The van der Waals surface area contributed by atoms with E-state index in [0.717, 1.165) is 30.6 Å². The van der Waals surface area contributed by atoms with E-state index in [-0.39, 0.29) is 11.5 Å². The topological polar surface area (TPSA) is 44.1 Å². The van der Waals surface area contributed by atoms with Gasteiger partial charge in [-0.25, -0.2) is 0 Å². The first-order chi connectivity index (χ1) is 10.5. The number of allylic oxidation sites excluding steroid dienone is 2. The van der Waals surface area contributed by atoms with E-state index in [1.807, 2.05) is 0 Å². The molecular weight excluding hydrogens is 270 g/mol. The zero-order valence-electron chi connectivity index (χ0n) is 14.1. The molecule has 0 aromatic heterocycles. The second-order valence-electron chi connectivity index (χ2n) is 9.03. The molecule has 0 amide bonds. The molecule has 0 spiro atoms. The summed E-state index contributed by atoms with van der Waals surface area (Å²) in [6, 6.07) is 0. The second-order valence-corrected chi connectivity index (χ2v) is 9.03. The molecule has 0 aromatic rings. The van der Waals surface area contributed by atoms with Crippen LogP contribution in [0.5, 0.6) is 0 Å². The molecule has 0 radical (unpaired) electrons. The zero-order valence-corrected chi connectivity index (χ0v) is 14.1. The molecular formula is C20H31NO. The molecule has 2 nitrogen and oxygen atoms in total. The number of aliphatic hydroxyl groups is 1. The third-order valence-electron chi connectivity index (χ3n) is 8.31. The number of aliphatic hydroxyl groups excluding tert-OH is 1. The van der Waals surface area contributed by atoms with Crippen molar-refractivity contribution in [3.8, 4) is 0 Å². The van der Waals surface area contributed by atoms with Gasteiger partial charge in [0.25, 0.3) is 0 Å². The number of hydrogen-bond acceptors (Lipinski definition) is 2. The third-order valence-corrected chi connectivity index (χ3v) is 8.31. The van der Waals surface area contributed by atoms with Gasteiger partial charge >= 0.3 is 0 Å². The normalized spacial score (nSPS) is 54.0. The van der Waals surface area contributed by atoms with Crippen molar-refractivity contribution in [1.82, 2.24) is 0 Å². The van der Waals surface area contributed by atoms with Gasteiger partial charge in [-0.3, -0.25) is 0 Å². The molecule has 2 heteroatoms. The van der Waals surface area contributed by atoms with Crippen molar-refractivity contribution in [3.63, 3.8) is 0 Å². The molecule has 0 aromatic carbocycles. The van der Waals surface area contributed by atoms with E-state index in [0.29, 0.717) is 11.3 Å². The molecule has 2 N–H and O–H groups in total. The predicted octanol–water partition coefficient (Wildman–Crippen LogP) is 4.58. The summed E-state index contributed by atoms with van der Waals surface area (Å²) in [6.07, 6.45) is 13.8. The number of hydrogen-bond donors (Lipinski definition) is 2. The van der Waals surface area contributed by atoms with Crippen LogP contribution in [0.4, 0.5) is 0 Å². The lowest BCUT2D eigenvalue weighted by atomic mass is 9.47. The number of fused-ring (bicyclic) bond motifs is 5. The lowest BCUT2D eigenvalue weighted by Crippen LogP contribution is -2.51. The van der Waals surface area contributed by atoms with Crippen molar-refractivity contribution < 1.29 is 5.11 Å². The Labute approximate surface area is 134 Å². The Bertz CT molecular complexity index is 512. The molecule has 4 aliphatic rings. The average molecular weight is 301 g/mol. The van der Waals surface area contributed by atoms with Gasteiger partial charge in [0.2, 0.25) is 0 Å². The maximum absolute atomic E-state index is 10.5. The Morgan fingerprint density at radius 3 is 2.68 bits per heavy atom. The van der Waals surface area contributed by atoms with Gasteiger partial charge in [-0.2, -0.15) is 0 Å². The highest BCUT2D eigenvalue weighted by Crippen LogP contribution is 2.65. The van der Waals surface area contributed by atoms with Gasteiger partial charge in [-0.1, -0.05) is 25.5 Å². The van der Waals surface area contributed by atoms with Gasteiger partial charge in [0.1, 0.15) is 0 Å². The van der Waals surface area contributed by atoms with Crippen LogP contribution in [0, 0.1) is 39.9 Å². The minimum Gasteiger partial charge on any atom is -0.393 e. The summed E-state index contributed by atoms with van der Waals surface area (Å²) in [5, 5.41) is 18.1. The fourth-order valence-corrected chi connectivity index (χ4v) is 6.86. The summed E-state index contributed by atoms with van der Waals surface area (Å²) in [7, 11) is 0. The van der Waals surface area contributed by atoms with Crippen LogP contribution < -0.4 is 0 Å². The maximum atomic E-state index is 10.5. The highest BCUT2D eigenvalue weighted by molar-refractivity contribution is 5.60. The van der Waals surface area contributed by atoms with E-state index >= 15 is 0 Å². The highest BCUT2D eigenvalue weighted by atomic mass is 16.3.